The fourth-order valence-corrected chi connectivity index (χ4v) is 3.25. The molecule has 2 aliphatic rings. The van der Waals surface area contributed by atoms with E-state index in [1.54, 1.807) is 0 Å². The van der Waals surface area contributed by atoms with Crippen LogP contribution in [0.25, 0.3) is 0 Å². The molecule has 1 aromatic heterocycles. The van der Waals surface area contributed by atoms with E-state index < -0.39 is 0 Å². The van der Waals surface area contributed by atoms with Gasteiger partial charge in [-0.15, -0.1) is 0 Å². The van der Waals surface area contributed by atoms with Gasteiger partial charge in [0.05, 0.1) is 19.8 Å². The number of hydrogen-bond donors (Lipinski definition) is 2. The van der Waals surface area contributed by atoms with Crippen molar-refractivity contribution in [3.05, 3.63) is 23.3 Å². The van der Waals surface area contributed by atoms with Crippen molar-refractivity contribution in [3.63, 3.8) is 0 Å². The summed E-state index contributed by atoms with van der Waals surface area (Å²) in [5, 5.41) is 11.5. The zero-order chi connectivity index (χ0) is 17.5. The molecule has 7 heteroatoms. The second kappa shape index (κ2) is 8.99. The van der Waals surface area contributed by atoms with Crippen LogP contribution in [0.3, 0.4) is 0 Å². The molecule has 3 rings (SSSR count). The highest BCUT2D eigenvalue weighted by Crippen LogP contribution is 2.14. The lowest BCUT2D eigenvalue weighted by molar-refractivity contribution is 0.153. The van der Waals surface area contributed by atoms with Gasteiger partial charge in [-0.3, -0.25) is 4.99 Å². The number of aryl methyl sites for hydroxylation is 2. The van der Waals surface area contributed by atoms with Crippen LogP contribution in [-0.2, 0) is 24.1 Å². The van der Waals surface area contributed by atoms with Crippen molar-refractivity contribution in [2.45, 2.75) is 58.5 Å². The van der Waals surface area contributed by atoms with Crippen molar-refractivity contribution in [1.82, 2.24) is 25.4 Å². The molecule has 0 bridgehead atoms. The lowest BCUT2D eigenvalue weighted by Crippen LogP contribution is -2.47. The van der Waals surface area contributed by atoms with E-state index in [2.05, 4.69) is 45.3 Å². The van der Waals surface area contributed by atoms with Crippen LogP contribution in [0.1, 0.15) is 44.8 Å². The van der Waals surface area contributed by atoms with Crippen LogP contribution < -0.4 is 10.6 Å². The number of aromatic nitrogens is 3. The number of hydrogen-bond acceptors (Lipinski definition) is 4. The molecule has 25 heavy (non-hydrogen) atoms. The first-order valence-corrected chi connectivity index (χ1v) is 9.51. The van der Waals surface area contributed by atoms with E-state index >= 15 is 0 Å². The lowest BCUT2D eigenvalue weighted by Gasteiger charge is -2.25. The second-order valence-electron chi connectivity index (χ2n) is 6.56. The fourth-order valence-electron chi connectivity index (χ4n) is 3.25. The molecule has 0 amide bonds. The molecule has 1 unspecified atom stereocenters. The van der Waals surface area contributed by atoms with E-state index in [0.29, 0.717) is 6.04 Å². The van der Waals surface area contributed by atoms with E-state index in [4.69, 9.17) is 9.73 Å². The van der Waals surface area contributed by atoms with Gasteiger partial charge in [0.1, 0.15) is 5.82 Å². The molecule has 7 nitrogen and oxygen atoms in total. The van der Waals surface area contributed by atoms with Crippen molar-refractivity contribution in [1.29, 1.82) is 0 Å². The molecule has 2 N–H and O–H groups in total. The Morgan fingerprint density at radius 1 is 1.40 bits per heavy atom. The normalized spacial score (nSPS) is 20.8. The summed E-state index contributed by atoms with van der Waals surface area (Å²) in [5.74, 6) is 2.96. The summed E-state index contributed by atoms with van der Waals surface area (Å²) in [5.41, 5.74) is 1.46. The third-order valence-corrected chi connectivity index (χ3v) is 4.66. The predicted molar refractivity (Wildman–Crippen MR) is 98.8 cm³/mol. The molecule has 2 aliphatic heterocycles. The quantitative estimate of drug-likeness (QED) is 0.463. The summed E-state index contributed by atoms with van der Waals surface area (Å²) < 4.78 is 7.41. The molecule has 0 saturated carbocycles. The highest BCUT2D eigenvalue weighted by molar-refractivity contribution is 5.80. The molecule has 0 radical (unpaired) electrons. The Morgan fingerprint density at radius 2 is 2.32 bits per heavy atom. The molecule has 0 aliphatic carbocycles. The van der Waals surface area contributed by atoms with Crippen molar-refractivity contribution < 1.29 is 4.74 Å². The van der Waals surface area contributed by atoms with E-state index in [9.17, 15) is 0 Å². The molecule has 0 aromatic carbocycles. The van der Waals surface area contributed by atoms with Crippen LogP contribution >= 0.6 is 0 Å². The number of guanidine groups is 1. The first-order chi connectivity index (χ1) is 12.3. The average molecular weight is 346 g/mol. The van der Waals surface area contributed by atoms with Gasteiger partial charge in [0.2, 0.25) is 0 Å². The van der Waals surface area contributed by atoms with Crippen LogP contribution in [-0.4, -0.2) is 53.1 Å². The van der Waals surface area contributed by atoms with Gasteiger partial charge in [0.25, 0.3) is 0 Å². The van der Waals surface area contributed by atoms with Gasteiger partial charge in [0.15, 0.2) is 11.8 Å². The van der Waals surface area contributed by atoms with E-state index in [1.165, 1.54) is 5.57 Å². The lowest BCUT2D eigenvalue weighted by atomic mass is 10.1. The summed E-state index contributed by atoms with van der Waals surface area (Å²) in [6.07, 6.45) is 7.17. The summed E-state index contributed by atoms with van der Waals surface area (Å²) in [4.78, 5) is 9.33. The number of rotatable bonds is 6. The third kappa shape index (κ3) is 5.04. The average Bonchev–Trinajstić information content (AvgIpc) is 3.05. The van der Waals surface area contributed by atoms with Gasteiger partial charge in [-0.05, 0) is 26.2 Å². The minimum atomic E-state index is 0.346. The molecule has 138 valence electrons. The Kier molecular flexibility index (Phi) is 6.44. The Morgan fingerprint density at radius 3 is 3.08 bits per heavy atom. The summed E-state index contributed by atoms with van der Waals surface area (Å²) in [6.45, 7) is 8.32. The smallest absolute Gasteiger partial charge is 0.191 e. The first kappa shape index (κ1) is 17.9. The Hall–Kier alpha value is -1.89. The molecule has 3 heterocycles. The van der Waals surface area contributed by atoms with Gasteiger partial charge >= 0.3 is 0 Å². The monoisotopic (exact) mass is 346 g/mol. The number of nitrogens with one attached hydrogen (secondary N) is 2. The van der Waals surface area contributed by atoms with E-state index in [1.807, 2.05) is 0 Å². The van der Waals surface area contributed by atoms with Gasteiger partial charge in [-0.25, -0.2) is 9.67 Å². The highest BCUT2D eigenvalue weighted by atomic mass is 16.5. The topological polar surface area (TPSA) is 76.4 Å². The fraction of sp³-hybridized carbons (Fsp3) is 0.722. The summed E-state index contributed by atoms with van der Waals surface area (Å²) in [6, 6.07) is 0.346. The number of aliphatic imine (C=N–C) groups is 1. The van der Waals surface area contributed by atoms with E-state index in [-0.39, 0.29) is 0 Å². The standard InChI is InChI=1S/C18H30N6O/c1-3-16-22-17-6-5-15(13-24(17)23-16)21-18(19-4-2)20-10-7-14-8-11-25-12-9-14/h8,15H,3-7,9-13H2,1-2H3,(H2,19,20,21). The minimum Gasteiger partial charge on any atom is -0.377 e. The molecule has 1 atom stereocenters. The van der Waals surface area contributed by atoms with Crippen molar-refractivity contribution in [3.8, 4) is 0 Å². The van der Waals surface area contributed by atoms with Crippen LogP contribution in [0.5, 0.6) is 0 Å². The number of fused-ring (bicyclic) bond motifs is 1. The maximum Gasteiger partial charge on any atom is 0.191 e. The molecule has 0 spiro atoms. The van der Waals surface area contributed by atoms with Crippen molar-refractivity contribution in [2.75, 3.05) is 26.3 Å². The number of nitrogens with zero attached hydrogens (tertiary/aromatic N) is 4. The van der Waals surface area contributed by atoms with Gasteiger partial charge in [0, 0.05) is 32.0 Å². The third-order valence-electron chi connectivity index (χ3n) is 4.66. The zero-order valence-corrected chi connectivity index (χ0v) is 15.4. The van der Waals surface area contributed by atoms with Gasteiger partial charge in [-0.2, -0.15) is 5.10 Å². The van der Waals surface area contributed by atoms with Crippen LogP contribution in [0.15, 0.2) is 16.6 Å². The minimum absolute atomic E-state index is 0.346. The molecule has 0 fully saturated rings. The number of ether oxygens (including phenoxy) is 1. The van der Waals surface area contributed by atoms with Crippen LogP contribution in [0.4, 0.5) is 0 Å². The summed E-state index contributed by atoms with van der Waals surface area (Å²) >= 11 is 0. The van der Waals surface area contributed by atoms with E-state index in [0.717, 1.165) is 82.6 Å². The van der Waals surface area contributed by atoms with Crippen LogP contribution in [0.2, 0.25) is 0 Å². The van der Waals surface area contributed by atoms with Gasteiger partial charge in [-0.1, -0.05) is 18.6 Å². The van der Waals surface area contributed by atoms with Crippen molar-refractivity contribution >= 4 is 5.96 Å². The highest BCUT2D eigenvalue weighted by Gasteiger charge is 2.22. The molecule has 1 aromatic rings. The maximum atomic E-state index is 5.35. The van der Waals surface area contributed by atoms with Crippen molar-refractivity contribution in [2.24, 2.45) is 4.99 Å². The Balaban J connectivity index is 1.54. The molecular formula is C18H30N6O. The first-order valence-electron chi connectivity index (χ1n) is 9.51. The Bertz CT molecular complexity index is 621. The van der Waals surface area contributed by atoms with Gasteiger partial charge < -0.3 is 15.4 Å². The predicted octanol–water partition coefficient (Wildman–Crippen LogP) is 1.45. The second-order valence-corrected chi connectivity index (χ2v) is 6.56. The van der Waals surface area contributed by atoms with Crippen LogP contribution in [0, 0.1) is 0 Å². The largest absolute Gasteiger partial charge is 0.377 e. The zero-order valence-electron chi connectivity index (χ0n) is 15.4. The molecule has 0 saturated heterocycles. The SMILES string of the molecule is CCNC(=NCCC1=CCOCC1)NC1CCc2nc(CC)nn2C1. The Labute approximate surface area is 150 Å². The molecular weight excluding hydrogens is 316 g/mol. The summed E-state index contributed by atoms with van der Waals surface area (Å²) in [7, 11) is 0. The maximum absolute atomic E-state index is 5.35.